The van der Waals surface area contributed by atoms with Crippen molar-refractivity contribution in [1.82, 2.24) is 0 Å². The van der Waals surface area contributed by atoms with Crippen LogP contribution in [0.2, 0.25) is 0 Å². The highest BCUT2D eigenvalue weighted by atomic mass is 19.1. The zero-order valence-corrected chi connectivity index (χ0v) is 9.23. The molecular weight excluding hydrogens is 163 g/mol. The minimum absolute atomic E-state index is 0.250. The van der Waals surface area contributed by atoms with Gasteiger partial charge in [-0.3, -0.25) is 0 Å². The molecule has 0 rings (SSSR count). The molecule has 0 radical (unpaired) electrons. The van der Waals surface area contributed by atoms with E-state index in [2.05, 4.69) is 27.4 Å². The van der Waals surface area contributed by atoms with Crippen molar-refractivity contribution in [3.05, 3.63) is 24.3 Å². The molecule has 76 valence electrons. The lowest BCUT2D eigenvalue weighted by molar-refractivity contribution is 0.363. The first kappa shape index (κ1) is 12.4. The molecule has 0 nitrogen and oxygen atoms in total. The van der Waals surface area contributed by atoms with Crippen LogP contribution in [-0.2, 0) is 0 Å². The van der Waals surface area contributed by atoms with E-state index in [-0.39, 0.29) is 5.41 Å². The van der Waals surface area contributed by atoms with E-state index < -0.39 is 6.17 Å². The number of halogens is 1. The fourth-order valence-corrected chi connectivity index (χ4v) is 1.15. The van der Waals surface area contributed by atoms with Crippen molar-refractivity contribution in [3.63, 3.8) is 0 Å². The van der Waals surface area contributed by atoms with E-state index in [1.165, 1.54) is 0 Å². The first-order valence-corrected chi connectivity index (χ1v) is 4.80. The van der Waals surface area contributed by atoms with Gasteiger partial charge in [0.25, 0.3) is 0 Å². The largest absolute Gasteiger partial charge is 0.247 e. The molecule has 0 unspecified atom stereocenters. The van der Waals surface area contributed by atoms with Crippen molar-refractivity contribution in [1.29, 1.82) is 0 Å². The van der Waals surface area contributed by atoms with Crippen LogP contribution in [0.15, 0.2) is 24.3 Å². The minimum Gasteiger partial charge on any atom is -0.247 e. The monoisotopic (exact) mass is 184 g/mol. The van der Waals surface area contributed by atoms with E-state index in [9.17, 15) is 4.39 Å². The van der Waals surface area contributed by atoms with Gasteiger partial charge < -0.3 is 0 Å². The standard InChI is InChI=1S/C12H21F/c1-6-11(8-7-10(2)13)9-12(3,4)5/h6,8,10H,1,7,9H2,2-5H3/b11-8+/t10-/m1/s1. The first-order valence-electron chi connectivity index (χ1n) is 4.80. The van der Waals surface area contributed by atoms with Crippen molar-refractivity contribution in [3.8, 4) is 0 Å². The topological polar surface area (TPSA) is 0 Å². The molecule has 0 aromatic carbocycles. The number of allylic oxidation sites excluding steroid dienone is 3. The molecule has 0 bridgehead atoms. The van der Waals surface area contributed by atoms with Gasteiger partial charge in [-0.2, -0.15) is 0 Å². The van der Waals surface area contributed by atoms with Gasteiger partial charge in [0, 0.05) is 0 Å². The lowest BCUT2D eigenvalue weighted by Gasteiger charge is -2.18. The van der Waals surface area contributed by atoms with Gasteiger partial charge in [0.2, 0.25) is 0 Å². The average molecular weight is 184 g/mol. The van der Waals surface area contributed by atoms with Crippen LogP contribution in [-0.4, -0.2) is 6.17 Å². The Balaban J connectivity index is 4.18. The summed E-state index contributed by atoms with van der Waals surface area (Å²) in [5.74, 6) is 0. The number of hydrogen-bond donors (Lipinski definition) is 0. The maximum Gasteiger partial charge on any atom is 0.101 e. The lowest BCUT2D eigenvalue weighted by Crippen LogP contribution is -2.05. The Bertz CT molecular complexity index is 182. The third-order valence-corrected chi connectivity index (χ3v) is 1.70. The molecule has 13 heavy (non-hydrogen) atoms. The van der Waals surface area contributed by atoms with Crippen molar-refractivity contribution in [2.24, 2.45) is 5.41 Å². The van der Waals surface area contributed by atoms with Crippen molar-refractivity contribution in [2.75, 3.05) is 0 Å². The van der Waals surface area contributed by atoms with Crippen LogP contribution >= 0.6 is 0 Å². The molecule has 0 aliphatic rings. The van der Waals surface area contributed by atoms with Crippen LogP contribution in [0.25, 0.3) is 0 Å². The predicted octanol–water partition coefficient (Wildman–Crippen LogP) is 4.28. The summed E-state index contributed by atoms with van der Waals surface area (Å²) >= 11 is 0. The maximum atomic E-state index is 12.6. The quantitative estimate of drug-likeness (QED) is 0.572. The number of rotatable bonds is 4. The molecule has 0 aliphatic carbocycles. The number of alkyl halides is 1. The SMILES string of the molecule is C=C/C(=C\C[C@@H](C)F)CC(C)(C)C. The van der Waals surface area contributed by atoms with Gasteiger partial charge in [0.15, 0.2) is 0 Å². The molecule has 0 saturated carbocycles. The summed E-state index contributed by atoms with van der Waals surface area (Å²) < 4.78 is 12.6. The molecule has 0 saturated heterocycles. The summed E-state index contributed by atoms with van der Waals surface area (Å²) in [6, 6.07) is 0. The first-order chi connectivity index (χ1) is 5.85. The average Bonchev–Trinajstić information content (AvgIpc) is 1.95. The maximum absolute atomic E-state index is 12.6. The molecular formula is C12H21F. The molecule has 0 amide bonds. The van der Waals surface area contributed by atoms with Gasteiger partial charge in [-0.1, -0.05) is 45.1 Å². The van der Waals surface area contributed by atoms with Crippen LogP contribution < -0.4 is 0 Å². The fourth-order valence-electron chi connectivity index (χ4n) is 1.15. The highest BCUT2D eigenvalue weighted by molar-refractivity contribution is 5.17. The highest BCUT2D eigenvalue weighted by Gasteiger charge is 2.11. The zero-order chi connectivity index (χ0) is 10.5. The molecule has 0 heterocycles. The Labute approximate surface area is 81.5 Å². The van der Waals surface area contributed by atoms with Gasteiger partial charge in [-0.05, 0) is 25.2 Å². The van der Waals surface area contributed by atoms with Crippen molar-refractivity contribution >= 4 is 0 Å². The van der Waals surface area contributed by atoms with E-state index in [0.29, 0.717) is 6.42 Å². The Hall–Kier alpha value is -0.590. The molecule has 0 spiro atoms. The molecule has 0 aromatic rings. The Kier molecular flexibility index (Phi) is 4.97. The third-order valence-electron chi connectivity index (χ3n) is 1.70. The predicted molar refractivity (Wildman–Crippen MR) is 57.5 cm³/mol. The summed E-state index contributed by atoms with van der Waals surface area (Å²) in [6.45, 7) is 11.8. The Morgan fingerprint density at radius 2 is 2.00 bits per heavy atom. The Morgan fingerprint density at radius 1 is 1.46 bits per heavy atom. The minimum atomic E-state index is -0.755. The Morgan fingerprint density at radius 3 is 2.31 bits per heavy atom. The molecule has 0 fully saturated rings. The van der Waals surface area contributed by atoms with Gasteiger partial charge in [-0.15, -0.1) is 0 Å². The van der Waals surface area contributed by atoms with Crippen molar-refractivity contribution in [2.45, 2.75) is 46.7 Å². The molecule has 1 atom stereocenters. The summed E-state index contributed by atoms with van der Waals surface area (Å²) in [7, 11) is 0. The van der Waals surface area contributed by atoms with Crippen LogP contribution in [0.1, 0.15) is 40.5 Å². The molecule has 1 heteroatoms. The van der Waals surface area contributed by atoms with E-state index in [1.807, 2.05) is 12.2 Å². The van der Waals surface area contributed by atoms with Crippen molar-refractivity contribution < 1.29 is 4.39 Å². The summed E-state index contributed by atoms with van der Waals surface area (Å²) in [6.07, 6.45) is 4.48. The van der Waals surface area contributed by atoms with Crippen LogP contribution in [0, 0.1) is 5.41 Å². The number of hydrogen-bond acceptors (Lipinski definition) is 0. The summed E-state index contributed by atoms with van der Waals surface area (Å²) in [4.78, 5) is 0. The van der Waals surface area contributed by atoms with Gasteiger partial charge in [-0.25, -0.2) is 4.39 Å². The fraction of sp³-hybridized carbons (Fsp3) is 0.667. The second-order valence-electron chi connectivity index (χ2n) is 4.74. The third kappa shape index (κ3) is 7.76. The van der Waals surface area contributed by atoms with Crippen LogP contribution in [0.5, 0.6) is 0 Å². The van der Waals surface area contributed by atoms with Gasteiger partial charge >= 0.3 is 0 Å². The van der Waals surface area contributed by atoms with Gasteiger partial charge in [0.05, 0.1) is 0 Å². The normalized spacial score (nSPS) is 15.6. The van der Waals surface area contributed by atoms with Gasteiger partial charge in [0.1, 0.15) is 6.17 Å². The molecule has 0 N–H and O–H groups in total. The van der Waals surface area contributed by atoms with E-state index >= 15 is 0 Å². The molecule has 0 aliphatic heterocycles. The van der Waals surface area contributed by atoms with Crippen LogP contribution in [0.3, 0.4) is 0 Å². The zero-order valence-electron chi connectivity index (χ0n) is 9.23. The smallest absolute Gasteiger partial charge is 0.101 e. The van der Waals surface area contributed by atoms with Crippen LogP contribution in [0.4, 0.5) is 4.39 Å². The van der Waals surface area contributed by atoms with E-state index in [4.69, 9.17) is 0 Å². The molecule has 0 aromatic heterocycles. The highest BCUT2D eigenvalue weighted by Crippen LogP contribution is 2.24. The summed E-state index contributed by atoms with van der Waals surface area (Å²) in [5, 5.41) is 0. The lowest BCUT2D eigenvalue weighted by atomic mass is 9.87. The van der Waals surface area contributed by atoms with E-state index in [1.54, 1.807) is 6.92 Å². The van der Waals surface area contributed by atoms with E-state index in [0.717, 1.165) is 12.0 Å². The second-order valence-corrected chi connectivity index (χ2v) is 4.74. The summed E-state index contributed by atoms with van der Waals surface area (Å²) in [5.41, 5.74) is 1.40. The second kappa shape index (κ2) is 5.21.